The Morgan fingerprint density at radius 1 is 1.25 bits per heavy atom. The van der Waals surface area contributed by atoms with Gasteiger partial charge >= 0.3 is 0 Å². The maximum Gasteiger partial charge on any atom is 0.169 e. The fourth-order valence-electron chi connectivity index (χ4n) is 2.44. The molecule has 4 nitrogen and oxygen atoms in total. The lowest BCUT2D eigenvalue weighted by Gasteiger charge is -2.28. The Labute approximate surface area is 98.3 Å². The number of hydrogen-bond acceptors (Lipinski definition) is 4. The summed E-state index contributed by atoms with van der Waals surface area (Å²) in [7, 11) is 3.43. The van der Waals surface area contributed by atoms with Crippen LogP contribution >= 0.6 is 0 Å². The van der Waals surface area contributed by atoms with E-state index in [1.54, 1.807) is 14.2 Å². The van der Waals surface area contributed by atoms with Crippen LogP contribution in [0.2, 0.25) is 0 Å². The van der Waals surface area contributed by atoms with Gasteiger partial charge in [-0.1, -0.05) is 0 Å². The molecule has 1 heterocycles. The average molecular weight is 228 g/mol. The summed E-state index contributed by atoms with van der Waals surface area (Å²) in [6, 6.07) is 1.45. The Kier molecular flexibility index (Phi) is 4.58. The van der Waals surface area contributed by atoms with Crippen molar-refractivity contribution in [2.24, 2.45) is 0 Å². The molecule has 4 heteroatoms. The lowest BCUT2D eigenvalue weighted by atomic mass is 10.2. The smallest absolute Gasteiger partial charge is 0.169 e. The second-order valence-corrected chi connectivity index (χ2v) is 4.88. The van der Waals surface area contributed by atoms with Gasteiger partial charge in [0.1, 0.15) is 0 Å². The number of nitrogens with zero attached hydrogens (tertiary/aromatic N) is 1. The highest BCUT2D eigenvalue weighted by Gasteiger charge is 2.32. The zero-order valence-corrected chi connectivity index (χ0v) is 10.4. The van der Waals surface area contributed by atoms with Gasteiger partial charge in [-0.05, 0) is 32.2 Å². The molecule has 0 spiro atoms. The zero-order chi connectivity index (χ0) is 11.4. The minimum atomic E-state index is -0.0815. The fourth-order valence-corrected chi connectivity index (χ4v) is 2.44. The van der Waals surface area contributed by atoms with E-state index in [1.165, 1.54) is 32.2 Å². The molecule has 1 aliphatic carbocycles. The zero-order valence-electron chi connectivity index (χ0n) is 10.4. The molecule has 1 saturated heterocycles. The molecule has 0 amide bonds. The second kappa shape index (κ2) is 5.96. The van der Waals surface area contributed by atoms with Crippen molar-refractivity contribution in [2.75, 3.05) is 33.9 Å². The van der Waals surface area contributed by atoms with Crippen molar-refractivity contribution >= 4 is 0 Å². The van der Waals surface area contributed by atoms with Crippen LogP contribution in [0, 0.1) is 0 Å². The van der Waals surface area contributed by atoms with Gasteiger partial charge in [0, 0.05) is 39.4 Å². The predicted molar refractivity (Wildman–Crippen MR) is 63.4 cm³/mol. The van der Waals surface area contributed by atoms with Crippen molar-refractivity contribution in [3.63, 3.8) is 0 Å². The highest BCUT2D eigenvalue weighted by molar-refractivity contribution is 4.88. The third kappa shape index (κ3) is 3.42. The third-order valence-corrected chi connectivity index (χ3v) is 3.59. The van der Waals surface area contributed by atoms with E-state index >= 15 is 0 Å². The number of ether oxygens (including phenoxy) is 2. The molecule has 94 valence electrons. The highest BCUT2D eigenvalue weighted by Crippen LogP contribution is 2.28. The van der Waals surface area contributed by atoms with Gasteiger partial charge in [0.25, 0.3) is 0 Å². The third-order valence-electron chi connectivity index (χ3n) is 3.59. The molecule has 1 saturated carbocycles. The van der Waals surface area contributed by atoms with Crippen LogP contribution in [0.5, 0.6) is 0 Å². The molecule has 2 rings (SSSR count). The Balaban J connectivity index is 1.79. The molecular formula is C12H24N2O2. The molecule has 1 aliphatic heterocycles. The SMILES string of the molecule is COC(CN(CC1CCCN1)C1CC1)OC. The Bertz CT molecular complexity index is 195. The molecule has 0 aromatic carbocycles. The first-order valence-corrected chi connectivity index (χ1v) is 6.36. The van der Waals surface area contributed by atoms with Crippen LogP contribution < -0.4 is 5.32 Å². The lowest BCUT2D eigenvalue weighted by molar-refractivity contribution is -0.117. The molecule has 0 aromatic heterocycles. The summed E-state index contributed by atoms with van der Waals surface area (Å²) in [5, 5.41) is 3.56. The largest absolute Gasteiger partial charge is 0.355 e. The van der Waals surface area contributed by atoms with Gasteiger partial charge in [0.05, 0.1) is 0 Å². The molecule has 1 atom stereocenters. The molecule has 2 fully saturated rings. The predicted octanol–water partition coefficient (Wildman–Crippen LogP) is 0.822. The first-order valence-electron chi connectivity index (χ1n) is 6.36. The molecule has 16 heavy (non-hydrogen) atoms. The van der Waals surface area contributed by atoms with Gasteiger partial charge in [0.2, 0.25) is 0 Å². The molecule has 0 radical (unpaired) electrons. The Hall–Kier alpha value is -0.160. The molecule has 0 bridgehead atoms. The number of rotatable bonds is 7. The van der Waals surface area contributed by atoms with E-state index in [2.05, 4.69) is 10.2 Å². The first kappa shape index (κ1) is 12.3. The van der Waals surface area contributed by atoms with E-state index in [1.807, 2.05) is 0 Å². The van der Waals surface area contributed by atoms with Crippen molar-refractivity contribution in [3.05, 3.63) is 0 Å². The maximum atomic E-state index is 5.29. The summed E-state index contributed by atoms with van der Waals surface area (Å²) in [6.07, 6.45) is 5.23. The first-order chi connectivity index (χ1) is 7.83. The minimum absolute atomic E-state index is 0.0815. The van der Waals surface area contributed by atoms with Gasteiger partial charge in [-0.15, -0.1) is 0 Å². The van der Waals surface area contributed by atoms with E-state index in [-0.39, 0.29) is 6.29 Å². The summed E-state index contributed by atoms with van der Waals surface area (Å²) < 4.78 is 10.6. The monoisotopic (exact) mass is 228 g/mol. The van der Waals surface area contributed by atoms with E-state index in [9.17, 15) is 0 Å². The van der Waals surface area contributed by atoms with Crippen LogP contribution in [0.4, 0.5) is 0 Å². The van der Waals surface area contributed by atoms with E-state index < -0.39 is 0 Å². The van der Waals surface area contributed by atoms with Crippen LogP contribution in [0.15, 0.2) is 0 Å². The van der Waals surface area contributed by atoms with Gasteiger partial charge < -0.3 is 14.8 Å². The van der Waals surface area contributed by atoms with E-state index in [0.29, 0.717) is 6.04 Å². The van der Waals surface area contributed by atoms with Gasteiger partial charge in [-0.25, -0.2) is 0 Å². The maximum absolute atomic E-state index is 5.29. The molecular weight excluding hydrogens is 204 g/mol. The van der Waals surface area contributed by atoms with Gasteiger partial charge in [-0.2, -0.15) is 0 Å². The Morgan fingerprint density at radius 2 is 2.00 bits per heavy atom. The molecule has 1 N–H and O–H groups in total. The van der Waals surface area contributed by atoms with Crippen molar-refractivity contribution in [2.45, 2.75) is 44.1 Å². The molecule has 2 aliphatic rings. The topological polar surface area (TPSA) is 33.7 Å². The normalized spacial score (nSPS) is 25.9. The van der Waals surface area contributed by atoms with Crippen LogP contribution in [0.1, 0.15) is 25.7 Å². The molecule has 1 unspecified atom stereocenters. The minimum Gasteiger partial charge on any atom is -0.355 e. The highest BCUT2D eigenvalue weighted by atomic mass is 16.7. The van der Waals surface area contributed by atoms with Crippen LogP contribution in [0.25, 0.3) is 0 Å². The summed E-state index contributed by atoms with van der Waals surface area (Å²) >= 11 is 0. The lowest BCUT2D eigenvalue weighted by Crippen LogP contribution is -2.43. The summed E-state index contributed by atoms with van der Waals surface area (Å²) in [5.41, 5.74) is 0. The fraction of sp³-hybridized carbons (Fsp3) is 1.00. The summed E-state index contributed by atoms with van der Waals surface area (Å²) in [5.74, 6) is 0. The van der Waals surface area contributed by atoms with Crippen molar-refractivity contribution in [3.8, 4) is 0 Å². The second-order valence-electron chi connectivity index (χ2n) is 4.88. The van der Waals surface area contributed by atoms with E-state index in [0.717, 1.165) is 19.1 Å². The van der Waals surface area contributed by atoms with Gasteiger partial charge in [-0.3, -0.25) is 4.90 Å². The van der Waals surface area contributed by atoms with Crippen molar-refractivity contribution in [1.29, 1.82) is 0 Å². The molecule has 0 aromatic rings. The summed E-state index contributed by atoms with van der Waals surface area (Å²) in [4.78, 5) is 2.53. The summed E-state index contributed by atoms with van der Waals surface area (Å²) in [6.45, 7) is 3.23. The number of hydrogen-bond donors (Lipinski definition) is 1. The van der Waals surface area contributed by atoms with Gasteiger partial charge in [0.15, 0.2) is 6.29 Å². The number of nitrogens with one attached hydrogen (secondary N) is 1. The van der Waals surface area contributed by atoms with Crippen molar-refractivity contribution in [1.82, 2.24) is 10.2 Å². The van der Waals surface area contributed by atoms with Crippen LogP contribution in [-0.4, -0.2) is 57.1 Å². The van der Waals surface area contributed by atoms with Crippen molar-refractivity contribution < 1.29 is 9.47 Å². The Morgan fingerprint density at radius 3 is 2.50 bits per heavy atom. The van der Waals surface area contributed by atoms with Crippen LogP contribution in [0.3, 0.4) is 0 Å². The average Bonchev–Trinajstić information content (AvgIpc) is 3.03. The van der Waals surface area contributed by atoms with E-state index in [4.69, 9.17) is 9.47 Å². The van der Waals surface area contributed by atoms with Crippen LogP contribution in [-0.2, 0) is 9.47 Å². The standard InChI is InChI=1S/C12H24N2O2/c1-15-12(16-2)9-14(11-5-6-11)8-10-4-3-7-13-10/h10-13H,3-9H2,1-2H3. The number of methoxy groups -OCH3 is 2. The quantitative estimate of drug-likeness (QED) is 0.654.